The minimum absolute atomic E-state index is 0.0326. The van der Waals surface area contributed by atoms with Crippen molar-refractivity contribution < 1.29 is 28.8 Å². The molecule has 0 spiro atoms. The van der Waals surface area contributed by atoms with E-state index in [1.807, 2.05) is 13.8 Å². The highest BCUT2D eigenvalue weighted by Gasteiger charge is 2.38. The summed E-state index contributed by atoms with van der Waals surface area (Å²) in [6, 6.07) is -3.47. The molecule has 6 amide bonds. The van der Waals surface area contributed by atoms with Crippen molar-refractivity contribution in [2.24, 2.45) is 17.6 Å². The molecule has 2 aromatic rings. The van der Waals surface area contributed by atoms with Crippen molar-refractivity contribution in [3.05, 3.63) is 32.2 Å². The van der Waals surface area contributed by atoms with Crippen LogP contribution in [0.1, 0.15) is 96.8 Å². The fraction of sp³-hybridized carbons (Fsp3) is 0.586. The number of carbonyl (C=O) groups is 6. The molecule has 244 valence electrons. The largest absolute Gasteiger partial charge is 0.370 e. The molecule has 45 heavy (non-hydrogen) atoms. The fourth-order valence-electron chi connectivity index (χ4n) is 5.28. The zero-order valence-electron chi connectivity index (χ0n) is 25.8. The number of fused-ring (bicyclic) bond motifs is 5. The van der Waals surface area contributed by atoms with E-state index in [-0.39, 0.29) is 42.6 Å². The molecule has 6 N–H and O–H groups in total. The first-order chi connectivity index (χ1) is 21.3. The average molecular weight is 661 g/mol. The summed E-state index contributed by atoms with van der Waals surface area (Å²) in [7, 11) is 0. The van der Waals surface area contributed by atoms with Gasteiger partial charge in [-0.15, -0.1) is 22.7 Å². The molecule has 4 bridgehead atoms. The molecule has 4 rings (SSSR count). The molecule has 2 aromatic heterocycles. The van der Waals surface area contributed by atoms with Crippen molar-refractivity contribution >= 4 is 58.1 Å². The Labute approximate surface area is 269 Å². The number of primary amides is 1. The SMILES string of the molecule is CC(C)C[C@@H]1NC(=O)[C@@H]2CCCN2C(=O)c2csc(n2)CNC(=O)c2csc(n2)[C@H](CCC(N)=O)NC(=O)[C@@H](C(C)C)NC1=O. The van der Waals surface area contributed by atoms with Crippen LogP contribution in [0, 0.1) is 11.8 Å². The molecule has 1 fully saturated rings. The molecule has 0 aromatic carbocycles. The molecule has 0 radical (unpaired) electrons. The van der Waals surface area contributed by atoms with Crippen LogP contribution < -0.4 is 27.0 Å². The number of hydrogen-bond donors (Lipinski definition) is 5. The number of nitrogens with one attached hydrogen (secondary N) is 4. The Bertz CT molecular complexity index is 1440. The summed E-state index contributed by atoms with van der Waals surface area (Å²) in [6.07, 6.45) is 1.44. The van der Waals surface area contributed by atoms with E-state index in [0.29, 0.717) is 35.8 Å². The van der Waals surface area contributed by atoms with E-state index in [2.05, 4.69) is 31.2 Å². The Morgan fingerprint density at radius 1 is 0.956 bits per heavy atom. The Balaban J connectivity index is 1.69. The van der Waals surface area contributed by atoms with Gasteiger partial charge in [0.15, 0.2) is 0 Å². The maximum Gasteiger partial charge on any atom is 0.274 e. The van der Waals surface area contributed by atoms with E-state index in [1.54, 1.807) is 24.6 Å². The third-order valence-electron chi connectivity index (χ3n) is 7.62. The van der Waals surface area contributed by atoms with Crippen molar-refractivity contribution in [3.63, 3.8) is 0 Å². The molecule has 16 heteroatoms. The predicted octanol–water partition coefficient (Wildman–Crippen LogP) is 1.24. The van der Waals surface area contributed by atoms with Crippen LogP contribution in [0.25, 0.3) is 0 Å². The fourth-order valence-corrected chi connectivity index (χ4v) is 6.88. The standard InChI is InChI=1S/C29H40N8O6S2/c1-14(2)10-17-25(40)36-23(15(3)4)27(42)33-16(7-8-21(30)38)28-35-18(12-45-28)24(39)31-11-22-32-19(13-44-22)29(43)37-9-5-6-20(37)26(41)34-17/h12-17,20,23H,5-11H2,1-4H3,(H2,30,38)(H,31,39)(H,33,42)(H,34,41)(H,36,40)/t16-,17-,20-,23+/m0/s1. The van der Waals surface area contributed by atoms with Crippen LogP contribution in [0.3, 0.4) is 0 Å². The van der Waals surface area contributed by atoms with Crippen LogP contribution in [0.15, 0.2) is 10.8 Å². The topological polar surface area (TPSA) is 206 Å². The van der Waals surface area contributed by atoms with Crippen molar-refractivity contribution in [2.75, 3.05) is 6.54 Å². The van der Waals surface area contributed by atoms with Crippen molar-refractivity contribution in [1.82, 2.24) is 36.1 Å². The Morgan fingerprint density at radius 2 is 1.67 bits per heavy atom. The maximum atomic E-state index is 13.6. The van der Waals surface area contributed by atoms with Crippen LogP contribution in [-0.2, 0) is 25.7 Å². The molecule has 2 aliphatic heterocycles. The van der Waals surface area contributed by atoms with Crippen molar-refractivity contribution in [1.29, 1.82) is 0 Å². The molecular formula is C29H40N8O6S2. The van der Waals surface area contributed by atoms with Gasteiger partial charge in [-0.2, -0.15) is 0 Å². The average Bonchev–Trinajstić information content (AvgIpc) is 3.76. The Kier molecular flexibility index (Phi) is 11.3. The predicted molar refractivity (Wildman–Crippen MR) is 167 cm³/mol. The molecule has 4 heterocycles. The molecule has 0 aliphatic carbocycles. The smallest absolute Gasteiger partial charge is 0.274 e. The Morgan fingerprint density at radius 3 is 2.36 bits per heavy atom. The zero-order valence-corrected chi connectivity index (χ0v) is 27.4. The van der Waals surface area contributed by atoms with E-state index < -0.39 is 59.6 Å². The number of nitrogens with two attached hydrogens (primary N) is 1. The van der Waals surface area contributed by atoms with E-state index in [1.165, 1.54) is 16.2 Å². The van der Waals surface area contributed by atoms with Gasteiger partial charge < -0.3 is 31.9 Å². The van der Waals surface area contributed by atoms with Crippen LogP contribution in [0.4, 0.5) is 0 Å². The normalized spacial score (nSPS) is 23.6. The van der Waals surface area contributed by atoms with Gasteiger partial charge in [0, 0.05) is 23.7 Å². The van der Waals surface area contributed by atoms with Gasteiger partial charge in [-0.3, -0.25) is 28.8 Å². The van der Waals surface area contributed by atoms with Gasteiger partial charge in [-0.1, -0.05) is 27.7 Å². The number of rotatable bonds is 6. The lowest BCUT2D eigenvalue weighted by Gasteiger charge is -2.29. The second-order valence-electron chi connectivity index (χ2n) is 12.0. The van der Waals surface area contributed by atoms with Crippen molar-refractivity contribution in [2.45, 2.75) is 90.5 Å². The number of carbonyl (C=O) groups excluding carboxylic acids is 6. The number of thiazole rings is 2. The summed E-state index contributed by atoms with van der Waals surface area (Å²) in [6.45, 7) is 7.80. The molecule has 0 unspecified atom stereocenters. The summed E-state index contributed by atoms with van der Waals surface area (Å²) in [5.41, 5.74) is 5.67. The number of amides is 6. The van der Waals surface area contributed by atoms with Gasteiger partial charge in [-0.05, 0) is 37.5 Å². The lowest BCUT2D eigenvalue weighted by atomic mass is 9.99. The highest BCUT2D eigenvalue weighted by Crippen LogP contribution is 2.25. The van der Waals surface area contributed by atoms with Gasteiger partial charge in [0.2, 0.25) is 23.6 Å². The Hall–Kier alpha value is -3.92. The van der Waals surface area contributed by atoms with Crippen LogP contribution >= 0.6 is 22.7 Å². The summed E-state index contributed by atoms with van der Waals surface area (Å²) in [5, 5.41) is 15.3. The first-order valence-electron chi connectivity index (χ1n) is 15.0. The molecule has 14 nitrogen and oxygen atoms in total. The second-order valence-corrected chi connectivity index (χ2v) is 13.9. The van der Waals surface area contributed by atoms with Crippen LogP contribution in [0.2, 0.25) is 0 Å². The summed E-state index contributed by atoms with van der Waals surface area (Å²) >= 11 is 2.35. The van der Waals surface area contributed by atoms with Gasteiger partial charge in [0.25, 0.3) is 11.8 Å². The number of aromatic nitrogens is 2. The van der Waals surface area contributed by atoms with Crippen LogP contribution in [-0.4, -0.2) is 75.0 Å². The van der Waals surface area contributed by atoms with Crippen LogP contribution in [0.5, 0.6) is 0 Å². The summed E-state index contributed by atoms with van der Waals surface area (Å²) < 4.78 is 0. The van der Waals surface area contributed by atoms with Gasteiger partial charge in [0.05, 0.1) is 12.6 Å². The van der Waals surface area contributed by atoms with Gasteiger partial charge in [-0.25, -0.2) is 9.97 Å². The first kappa shape index (κ1) is 34.0. The minimum Gasteiger partial charge on any atom is -0.370 e. The molecule has 4 atom stereocenters. The second kappa shape index (κ2) is 14.9. The van der Waals surface area contributed by atoms with Gasteiger partial charge in [0.1, 0.15) is 39.5 Å². The van der Waals surface area contributed by atoms with Crippen molar-refractivity contribution in [3.8, 4) is 0 Å². The molecule has 2 aliphatic rings. The highest BCUT2D eigenvalue weighted by molar-refractivity contribution is 7.10. The first-order valence-corrected chi connectivity index (χ1v) is 16.8. The quantitative estimate of drug-likeness (QED) is 0.304. The lowest BCUT2D eigenvalue weighted by Crippen LogP contribution is -2.58. The maximum absolute atomic E-state index is 13.6. The zero-order chi connectivity index (χ0) is 32.8. The van der Waals surface area contributed by atoms with Gasteiger partial charge >= 0.3 is 0 Å². The van der Waals surface area contributed by atoms with E-state index in [9.17, 15) is 28.8 Å². The molecular weight excluding hydrogens is 621 g/mol. The summed E-state index contributed by atoms with van der Waals surface area (Å²) in [4.78, 5) is 89.0. The number of hydrogen-bond acceptors (Lipinski definition) is 10. The number of nitrogens with zero attached hydrogens (tertiary/aromatic N) is 3. The van der Waals surface area contributed by atoms with E-state index >= 15 is 0 Å². The van der Waals surface area contributed by atoms with E-state index in [4.69, 9.17) is 5.73 Å². The highest BCUT2D eigenvalue weighted by atomic mass is 32.1. The molecule has 1 saturated heterocycles. The minimum atomic E-state index is -0.986. The third-order valence-corrected chi connectivity index (χ3v) is 9.43. The lowest BCUT2D eigenvalue weighted by molar-refractivity contribution is -0.134. The molecule has 0 saturated carbocycles. The summed E-state index contributed by atoms with van der Waals surface area (Å²) in [5.74, 6) is -3.25. The van der Waals surface area contributed by atoms with E-state index in [0.717, 1.165) is 11.3 Å². The third kappa shape index (κ3) is 8.63. The monoisotopic (exact) mass is 660 g/mol.